The molecule has 3 N–H and O–H groups in total. The zero-order valence-corrected chi connectivity index (χ0v) is 16.3. The van der Waals surface area contributed by atoms with E-state index in [9.17, 15) is 14.7 Å². The quantitative estimate of drug-likeness (QED) is 0.837. The Morgan fingerprint density at radius 1 is 1.32 bits per heavy atom. The second-order valence-corrected chi connectivity index (χ2v) is 7.87. The molecule has 1 aromatic carbocycles. The van der Waals surface area contributed by atoms with Crippen LogP contribution in [0, 0.1) is 0 Å². The molecular formula is C20H25N3O5. The molecule has 1 saturated heterocycles. The zero-order chi connectivity index (χ0) is 20.5. The number of carbonyl (C=O) groups excluding carboxylic acids is 2. The van der Waals surface area contributed by atoms with Gasteiger partial charge in [-0.1, -0.05) is 0 Å². The number of aromatic hydroxyl groups is 1. The number of hydrogen-bond donors (Lipinski definition) is 2. The lowest BCUT2D eigenvalue weighted by atomic mass is 10.1. The van der Waals surface area contributed by atoms with Crippen LogP contribution in [0.3, 0.4) is 0 Å². The summed E-state index contributed by atoms with van der Waals surface area (Å²) in [6.45, 7) is 6.52. The van der Waals surface area contributed by atoms with Crippen molar-refractivity contribution in [2.45, 2.75) is 45.3 Å². The van der Waals surface area contributed by atoms with Crippen molar-refractivity contribution >= 4 is 22.9 Å². The van der Waals surface area contributed by atoms with Crippen molar-refractivity contribution in [1.29, 1.82) is 0 Å². The first-order valence-electron chi connectivity index (χ1n) is 9.20. The van der Waals surface area contributed by atoms with Gasteiger partial charge in [-0.15, -0.1) is 0 Å². The number of amides is 2. The Kier molecular flexibility index (Phi) is 5.31. The van der Waals surface area contributed by atoms with Gasteiger partial charge in [0.1, 0.15) is 23.2 Å². The summed E-state index contributed by atoms with van der Waals surface area (Å²) in [5.41, 5.74) is 5.21. The molecule has 0 saturated carbocycles. The number of carbonyl (C=O) groups is 2. The maximum Gasteiger partial charge on any atom is 0.410 e. The number of phenols is 1. The van der Waals surface area contributed by atoms with Crippen molar-refractivity contribution in [3.8, 4) is 11.5 Å². The standard InChI is InChI=1S/C20H25N3O5/c1-20(2,3)28-19(26)23-8-4-5-12(11-23)27-17-6-7-22-15-9-14(18(21)25)16(24)10-13(15)17/h6-7,9-10,12,24H,4-5,8,11H2,1-3H3,(H2,21,25). The third kappa shape index (κ3) is 4.44. The predicted molar refractivity (Wildman–Crippen MR) is 103 cm³/mol. The van der Waals surface area contributed by atoms with Gasteiger partial charge in [-0.05, 0) is 51.8 Å². The first-order valence-corrected chi connectivity index (χ1v) is 9.20. The molecule has 0 spiro atoms. The molecule has 1 aromatic heterocycles. The Morgan fingerprint density at radius 2 is 2.07 bits per heavy atom. The van der Waals surface area contributed by atoms with Crippen molar-refractivity contribution in [3.63, 3.8) is 0 Å². The number of primary amides is 1. The van der Waals surface area contributed by atoms with E-state index in [2.05, 4.69) is 4.98 Å². The first kappa shape index (κ1) is 19.7. The molecule has 28 heavy (non-hydrogen) atoms. The third-order valence-corrected chi connectivity index (χ3v) is 4.41. The highest BCUT2D eigenvalue weighted by Gasteiger charge is 2.29. The van der Waals surface area contributed by atoms with Crippen LogP contribution >= 0.6 is 0 Å². The fourth-order valence-electron chi connectivity index (χ4n) is 3.16. The molecule has 3 rings (SSSR count). The Balaban J connectivity index is 1.79. The van der Waals surface area contributed by atoms with Crippen LogP contribution in [0.4, 0.5) is 4.79 Å². The summed E-state index contributed by atoms with van der Waals surface area (Å²) < 4.78 is 11.6. The van der Waals surface area contributed by atoms with Crippen molar-refractivity contribution in [3.05, 3.63) is 30.0 Å². The van der Waals surface area contributed by atoms with Gasteiger partial charge in [0.2, 0.25) is 0 Å². The van der Waals surface area contributed by atoms with Gasteiger partial charge in [0.05, 0.1) is 17.6 Å². The molecule has 2 heterocycles. The van der Waals surface area contributed by atoms with Gasteiger partial charge >= 0.3 is 6.09 Å². The van der Waals surface area contributed by atoms with Crippen molar-refractivity contribution in [1.82, 2.24) is 9.88 Å². The van der Waals surface area contributed by atoms with E-state index in [0.717, 1.165) is 12.8 Å². The van der Waals surface area contributed by atoms with E-state index in [1.54, 1.807) is 17.2 Å². The minimum Gasteiger partial charge on any atom is -0.507 e. The van der Waals surface area contributed by atoms with E-state index in [1.807, 2.05) is 20.8 Å². The molecule has 0 radical (unpaired) electrons. The molecule has 8 nitrogen and oxygen atoms in total. The van der Waals surface area contributed by atoms with Crippen LogP contribution in [0.15, 0.2) is 24.4 Å². The fraction of sp³-hybridized carbons (Fsp3) is 0.450. The number of piperidine rings is 1. The summed E-state index contributed by atoms with van der Waals surface area (Å²) >= 11 is 0. The number of nitrogens with zero attached hydrogens (tertiary/aromatic N) is 2. The molecular weight excluding hydrogens is 362 g/mol. The molecule has 8 heteroatoms. The van der Waals surface area contributed by atoms with E-state index in [1.165, 1.54) is 12.1 Å². The number of ether oxygens (including phenoxy) is 2. The van der Waals surface area contributed by atoms with Crippen LogP contribution in [-0.2, 0) is 4.74 Å². The van der Waals surface area contributed by atoms with Crippen LogP contribution in [-0.4, -0.2) is 51.8 Å². The fourth-order valence-corrected chi connectivity index (χ4v) is 3.16. The highest BCUT2D eigenvalue weighted by Crippen LogP contribution is 2.31. The molecule has 1 unspecified atom stereocenters. The van der Waals surface area contributed by atoms with Gasteiger partial charge in [-0.3, -0.25) is 9.78 Å². The molecule has 1 aliphatic heterocycles. The summed E-state index contributed by atoms with van der Waals surface area (Å²) in [4.78, 5) is 29.6. The molecule has 2 amide bonds. The summed E-state index contributed by atoms with van der Waals surface area (Å²) in [6, 6.07) is 4.55. The molecule has 0 bridgehead atoms. The SMILES string of the molecule is CC(C)(C)OC(=O)N1CCCC(Oc2ccnc3cc(C(N)=O)c(O)cc23)C1. The Hall–Kier alpha value is -3.03. The molecule has 1 fully saturated rings. The lowest BCUT2D eigenvalue weighted by molar-refractivity contribution is 0.00793. The average Bonchev–Trinajstić information content (AvgIpc) is 2.60. The smallest absolute Gasteiger partial charge is 0.410 e. The summed E-state index contributed by atoms with van der Waals surface area (Å²) in [5, 5.41) is 10.6. The van der Waals surface area contributed by atoms with Gasteiger partial charge in [0.15, 0.2) is 0 Å². The minimum absolute atomic E-state index is 0.00548. The van der Waals surface area contributed by atoms with Gasteiger partial charge in [0, 0.05) is 18.1 Å². The van der Waals surface area contributed by atoms with Crippen LogP contribution in [0.2, 0.25) is 0 Å². The largest absolute Gasteiger partial charge is 0.507 e. The van der Waals surface area contributed by atoms with E-state index >= 15 is 0 Å². The second kappa shape index (κ2) is 7.53. The van der Waals surface area contributed by atoms with E-state index in [-0.39, 0.29) is 23.5 Å². The molecule has 0 aliphatic carbocycles. The minimum atomic E-state index is -0.729. The number of likely N-dealkylation sites (tertiary alicyclic amines) is 1. The number of aromatic nitrogens is 1. The number of benzene rings is 1. The summed E-state index contributed by atoms with van der Waals surface area (Å²) in [5.74, 6) is -0.433. The van der Waals surface area contributed by atoms with Gasteiger partial charge in [0.25, 0.3) is 5.91 Å². The first-order chi connectivity index (χ1) is 13.1. The summed E-state index contributed by atoms with van der Waals surface area (Å²) in [7, 11) is 0. The maximum atomic E-state index is 12.3. The Morgan fingerprint density at radius 3 is 2.75 bits per heavy atom. The van der Waals surface area contributed by atoms with Crippen LogP contribution in [0.1, 0.15) is 44.0 Å². The van der Waals surface area contributed by atoms with Gasteiger partial charge < -0.3 is 25.2 Å². The maximum absolute atomic E-state index is 12.3. The topological polar surface area (TPSA) is 115 Å². The normalized spacial score (nSPS) is 17.4. The number of rotatable bonds is 3. The van der Waals surface area contributed by atoms with Crippen molar-refractivity contribution in [2.24, 2.45) is 5.73 Å². The highest BCUT2D eigenvalue weighted by molar-refractivity contribution is 6.00. The monoisotopic (exact) mass is 387 g/mol. The lowest BCUT2D eigenvalue weighted by Gasteiger charge is -2.34. The van der Waals surface area contributed by atoms with Gasteiger partial charge in [-0.2, -0.15) is 0 Å². The number of fused-ring (bicyclic) bond motifs is 1. The Labute approximate surface area is 163 Å². The number of nitrogens with two attached hydrogens (primary N) is 1. The molecule has 2 aromatic rings. The lowest BCUT2D eigenvalue weighted by Crippen LogP contribution is -2.46. The predicted octanol–water partition coefficient (Wildman–Crippen LogP) is 2.82. The van der Waals surface area contributed by atoms with Crippen LogP contribution < -0.4 is 10.5 Å². The highest BCUT2D eigenvalue weighted by atomic mass is 16.6. The number of pyridine rings is 1. The molecule has 150 valence electrons. The van der Waals surface area contributed by atoms with E-state index in [0.29, 0.717) is 29.7 Å². The third-order valence-electron chi connectivity index (χ3n) is 4.41. The zero-order valence-electron chi connectivity index (χ0n) is 16.3. The second-order valence-electron chi connectivity index (χ2n) is 7.87. The van der Waals surface area contributed by atoms with Crippen LogP contribution in [0.5, 0.6) is 11.5 Å². The number of hydrogen-bond acceptors (Lipinski definition) is 6. The van der Waals surface area contributed by atoms with E-state index < -0.39 is 11.5 Å². The molecule has 1 aliphatic rings. The Bertz CT molecular complexity index is 907. The average molecular weight is 387 g/mol. The van der Waals surface area contributed by atoms with Gasteiger partial charge in [-0.25, -0.2) is 4.79 Å². The summed E-state index contributed by atoms with van der Waals surface area (Å²) in [6.07, 6.45) is 2.57. The van der Waals surface area contributed by atoms with Crippen molar-refractivity contribution < 1.29 is 24.2 Å². The van der Waals surface area contributed by atoms with Crippen LogP contribution in [0.25, 0.3) is 10.9 Å². The molecule has 1 atom stereocenters. The van der Waals surface area contributed by atoms with E-state index in [4.69, 9.17) is 15.2 Å². The van der Waals surface area contributed by atoms with Crippen molar-refractivity contribution in [2.75, 3.05) is 13.1 Å².